The molecule has 1 aromatic heterocycles. The number of aromatic nitrogens is 2. The Morgan fingerprint density at radius 1 is 1.23 bits per heavy atom. The van der Waals surface area contributed by atoms with Crippen LogP contribution in [0.4, 0.5) is 4.39 Å². The van der Waals surface area contributed by atoms with Crippen molar-refractivity contribution in [3.63, 3.8) is 0 Å². The Hall–Kier alpha value is -0.640. The maximum atomic E-state index is 13.7. The van der Waals surface area contributed by atoms with Crippen LogP contribution in [0.5, 0.6) is 0 Å². The molecule has 0 bridgehead atoms. The monoisotopic (exact) mass is 516 g/mol. The van der Waals surface area contributed by atoms with Gasteiger partial charge in [-0.05, 0) is 0 Å². The zero-order chi connectivity index (χ0) is 23.1. The molecule has 20 heteroatoms. The topological polar surface area (TPSA) is 227 Å². The second-order valence-electron chi connectivity index (χ2n) is 5.95. The molecule has 0 radical (unpaired) electrons. The van der Waals surface area contributed by atoms with E-state index in [1.807, 2.05) is 4.98 Å². The van der Waals surface area contributed by atoms with Gasteiger partial charge in [-0.1, -0.05) is 19.1 Å². The SMILES string of the molecule is C[C@H]1C(O)[C@@H](COP(=O)(O)OP(=O)(O)OP(=O)(O)O)O[C@H]1n1cc(F)c(=S)[nH]c1=O. The van der Waals surface area contributed by atoms with Crippen LogP contribution < -0.4 is 5.69 Å². The van der Waals surface area contributed by atoms with Crippen molar-refractivity contribution in [1.82, 2.24) is 9.55 Å². The van der Waals surface area contributed by atoms with Crippen LogP contribution >= 0.6 is 35.7 Å². The molecule has 0 saturated carbocycles. The number of hydrogen-bond donors (Lipinski definition) is 6. The molecule has 0 amide bonds. The first-order valence-corrected chi connectivity index (χ1v) is 12.6. The fourth-order valence-corrected chi connectivity index (χ4v) is 5.64. The minimum absolute atomic E-state index is 0.452. The summed E-state index contributed by atoms with van der Waals surface area (Å²) in [4.78, 5) is 49.5. The van der Waals surface area contributed by atoms with Gasteiger partial charge in [0.25, 0.3) is 0 Å². The molecular formula is C10H16FN2O13P3S. The number of phosphoric ester groups is 1. The van der Waals surface area contributed by atoms with Crippen LogP contribution in [0.15, 0.2) is 11.0 Å². The standard InChI is InChI=1S/C10H16FN2O13P3S/c1-4-7(14)6(24-9(4)13-2-5(11)8(30)12-10(13)15)3-23-28(19,20)26-29(21,22)25-27(16,17)18/h2,4,6-7,9,14H,3H2,1H3,(H,19,20)(H,21,22)(H,12,15,30)(H2,16,17,18)/t4-,6+,7?,9+/m0/s1. The Balaban J connectivity index is 2.09. The zero-order valence-corrected chi connectivity index (χ0v) is 18.2. The first-order valence-electron chi connectivity index (χ1n) is 7.64. The van der Waals surface area contributed by atoms with Crippen LogP contribution in [0.2, 0.25) is 0 Å². The molecule has 0 aromatic carbocycles. The number of rotatable bonds is 8. The van der Waals surface area contributed by atoms with Crippen molar-refractivity contribution in [2.75, 3.05) is 6.61 Å². The van der Waals surface area contributed by atoms with Gasteiger partial charge < -0.3 is 29.4 Å². The summed E-state index contributed by atoms with van der Waals surface area (Å²) in [6.07, 6.45) is -3.32. The highest BCUT2D eigenvalue weighted by molar-refractivity contribution is 7.71. The Labute approximate surface area is 171 Å². The van der Waals surface area contributed by atoms with E-state index in [0.29, 0.717) is 0 Å². The lowest BCUT2D eigenvalue weighted by molar-refractivity contribution is -0.0470. The van der Waals surface area contributed by atoms with E-state index in [1.54, 1.807) is 0 Å². The Kier molecular flexibility index (Phi) is 7.75. The van der Waals surface area contributed by atoms with E-state index in [1.165, 1.54) is 6.92 Å². The molecule has 0 aliphatic carbocycles. The van der Waals surface area contributed by atoms with E-state index in [9.17, 15) is 32.9 Å². The van der Waals surface area contributed by atoms with Gasteiger partial charge in [0.15, 0.2) is 5.82 Å². The van der Waals surface area contributed by atoms with Crippen LogP contribution in [0.1, 0.15) is 13.2 Å². The molecule has 30 heavy (non-hydrogen) atoms. The number of halogens is 1. The van der Waals surface area contributed by atoms with Crippen molar-refractivity contribution < 1.29 is 60.6 Å². The van der Waals surface area contributed by atoms with Gasteiger partial charge >= 0.3 is 29.2 Å². The molecule has 1 aliphatic rings. The average molecular weight is 516 g/mol. The normalized spacial score (nSPS) is 28.8. The molecule has 6 atom stereocenters. The number of aromatic amines is 1. The van der Waals surface area contributed by atoms with E-state index < -0.39 is 70.6 Å². The number of H-pyrrole nitrogens is 1. The molecule has 1 aliphatic heterocycles. The van der Waals surface area contributed by atoms with Gasteiger partial charge in [-0.3, -0.25) is 14.1 Å². The van der Waals surface area contributed by atoms with E-state index in [2.05, 4.69) is 25.4 Å². The highest BCUT2D eigenvalue weighted by atomic mass is 32.1. The number of aliphatic hydroxyl groups excluding tert-OH is 1. The average Bonchev–Trinajstić information content (AvgIpc) is 2.81. The second kappa shape index (κ2) is 9.08. The van der Waals surface area contributed by atoms with E-state index in [-0.39, 0.29) is 0 Å². The van der Waals surface area contributed by atoms with Crippen molar-refractivity contribution in [3.05, 3.63) is 27.1 Å². The van der Waals surface area contributed by atoms with Gasteiger partial charge in [0.1, 0.15) is 17.0 Å². The molecule has 3 unspecified atom stereocenters. The summed E-state index contributed by atoms with van der Waals surface area (Å²) in [5.74, 6) is -1.81. The molecule has 1 aromatic rings. The maximum absolute atomic E-state index is 13.7. The minimum atomic E-state index is -5.71. The van der Waals surface area contributed by atoms with Gasteiger partial charge in [0.05, 0.1) is 18.9 Å². The molecule has 0 spiro atoms. The number of nitrogens with one attached hydrogen (secondary N) is 1. The lowest BCUT2D eigenvalue weighted by Gasteiger charge is -2.19. The number of nitrogens with zero attached hydrogens (tertiary/aromatic N) is 1. The summed E-state index contributed by atoms with van der Waals surface area (Å²) in [5, 5.41) is 10.2. The van der Waals surface area contributed by atoms with Crippen LogP contribution in [0, 0.1) is 16.4 Å². The summed E-state index contributed by atoms with van der Waals surface area (Å²) in [5.41, 5.74) is -0.862. The number of phosphoric acid groups is 3. The molecule has 6 N–H and O–H groups in total. The van der Waals surface area contributed by atoms with E-state index >= 15 is 0 Å². The van der Waals surface area contributed by atoms with E-state index in [0.717, 1.165) is 10.8 Å². The van der Waals surface area contributed by atoms with Gasteiger partial charge in [0, 0.05) is 5.92 Å². The van der Waals surface area contributed by atoms with Crippen LogP contribution in [0.3, 0.4) is 0 Å². The van der Waals surface area contributed by atoms with Crippen molar-refractivity contribution in [1.29, 1.82) is 0 Å². The van der Waals surface area contributed by atoms with Crippen molar-refractivity contribution in [2.45, 2.75) is 25.4 Å². The highest BCUT2D eigenvalue weighted by Crippen LogP contribution is 2.66. The predicted molar refractivity (Wildman–Crippen MR) is 94.7 cm³/mol. The second-order valence-corrected chi connectivity index (χ2v) is 10.8. The van der Waals surface area contributed by atoms with Gasteiger partial charge in [0.2, 0.25) is 0 Å². The van der Waals surface area contributed by atoms with Crippen molar-refractivity contribution in [2.24, 2.45) is 5.92 Å². The molecule has 1 fully saturated rings. The smallest absolute Gasteiger partial charge is 0.390 e. The largest absolute Gasteiger partial charge is 0.490 e. The molecular weight excluding hydrogens is 500 g/mol. The lowest BCUT2D eigenvalue weighted by atomic mass is 10.0. The lowest BCUT2D eigenvalue weighted by Crippen LogP contribution is -2.31. The Morgan fingerprint density at radius 3 is 2.40 bits per heavy atom. The third kappa shape index (κ3) is 6.68. The Bertz CT molecular complexity index is 1050. The molecule has 172 valence electrons. The number of ether oxygens (including phenoxy) is 1. The van der Waals surface area contributed by atoms with Gasteiger partial charge in [-0.15, -0.1) is 0 Å². The van der Waals surface area contributed by atoms with E-state index in [4.69, 9.17) is 19.4 Å². The molecule has 2 rings (SSSR count). The fourth-order valence-electron chi connectivity index (χ4n) is 2.47. The maximum Gasteiger partial charge on any atom is 0.490 e. The summed E-state index contributed by atoms with van der Waals surface area (Å²) in [6.45, 7) is 0.470. The summed E-state index contributed by atoms with van der Waals surface area (Å²) >= 11 is 4.58. The highest BCUT2D eigenvalue weighted by Gasteiger charge is 2.45. The summed E-state index contributed by atoms with van der Waals surface area (Å²) in [7, 11) is -16.7. The molecule has 2 heterocycles. The minimum Gasteiger partial charge on any atom is -0.390 e. The quantitative estimate of drug-likeness (QED) is 0.202. The van der Waals surface area contributed by atoms with Crippen molar-refractivity contribution in [3.8, 4) is 0 Å². The third-order valence-corrected chi connectivity index (χ3v) is 7.80. The molecule has 15 nitrogen and oxygen atoms in total. The summed E-state index contributed by atoms with van der Waals surface area (Å²) in [6, 6.07) is 0. The van der Waals surface area contributed by atoms with Gasteiger partial charge in [-0.2, -0.15) is 8.62 Å². The molecule has 1 saturated heterocycles. The summed E-state index contributed by atoms with van der Waals surface area (Å²) < 4.78 is 64.4. The van der Waals surface area contributed by atoms with Gasteiger partial charge in [-0.25, -0.2) is 22.9 Å². The Morgan fingerprint density at radius 2 is 1.83 bits per heavy atom. The first kappa shape index (κ1) is 25.6. The number of aliphatic hydroxyl groups is 1. The first-order chi connectivity index (χ1) is 13.5. The fraction of sp³-hybridized carbons (Fsp3) is 0.600. The number of hydrogen-bond acceptors (Lipinski definition) is 10. The zero-order valence-electron chi connectivity index (χ0n) is 14.7. The van der Waals surface area contributed by atoms with Crippen molar-refractivity contribution >= 4 is 35.7 Å². The van der Waals surface area contributed by atoms with Crippen LogP contribution in [0.25, 0.3) is 0 Å². The third-order valence-electron chi connectivity index (χ3n) is 3.70. The van der Waals surface area contributed by atoms with Crippen LogP contribution in [-0.2, 0) is 31.6 Å². The predicted octanol–water partition coefficient (Wildman–Crippen LogP) is 0.283. The van der Waals surface area contributed by atoms with Crippen LogP contribution in [-0.4, -0.2) is 53.0 Å².